The molecule has 2 fully saturated rings. The monoisotopic (exact) mass is 473 g/mol. The van der Waals surface area contributed by atoms with E-state index in [4.69, 9.17) is 9.73 Å². The zero-order valence-electron chi connectivity index (χ0n) is 15.8. The highest BCUT2D eigenvalue weighted by Crippen LogP contribution is 2.14. The van der Waals surface area contributed by atoms with Crippen LogP contribution in [0.1, 0.15) is 25.5 Å². The molecule has 7 heteroatoms. The number of rotatable bonds is 6. The summed E-state index contributed by atoms with van der Waals surface area (Å²) in [5.74, 6) is 1.04. The smallest absolute Gasteiger partial charge is 0.194 e. The maximum atomic E-state index is 5.77. The van der Waals surface area contributed by atoms with Crippen LogP contribution < -0.4 is 5.32 Å². The SMILES string of the molecule is CCNC(=NCCc1ccccn1)N1CCN(CC2CCCO2)CC1.I. The van der Waals surface area contributed by atoms with Gasteiger partial charge in [-0.25, -0.2) is 0 Å². The van der Waals surface area contributed by atoms with Crippen LogP contribution in [0.15, 0.2) is 29.4 Å². The highest BCUT2D eigenvalue weighted by atomic mass is 127. The Balaban J connectivity index is 0.00000243. The summed E-state index contributed by atoms with van der Waals surface area (Å²) in [4.78, 5) is 14.1. The Labute approximate surface area is 174 Å². The van der Waals surface area contributed by atoms with Crippen LogP contribution in [0.5, 0.6) is 0 Å². The zero-order valence-corrected chi connectivity index (χ0v) is 18.1. The summed E-state index contributed by atoms with van der Waals surface area (Å²) >= 11 is 0. The van der Waals surface area contributed by atoms with Gasteiger partial charge in [-0.05, 0) is 31.9 Å². The van der Waals surface area contributed by atoms with E-state index in [0.717, 1.165) is 70.5 Å². The first-order valence-electron chi connectivity index (χ1n) is 9.62. The molecule has 6 nitrogen and oxygen atoms in total. The number of aliphatic imine (C=N–C) groups is 1. The number of pyridine rings is 1. The number of halogens is 1. The number of piperazine rings is 1. The molecule has 1 atom stereocenters. The number of hydrogen-bond acceptors (Lipinski definition) is 4. The topological polar surface area (TPSA) is 53.0 Å². The van der Waals surface area contributed by atoms with Crippen molar-refractivity contribution >= 4 is 29.9 Å². The molecule has 1 aromatic rings. The molecule has 2 saturated heterocycles. The zero-order chi connectivity index (χ0) is 17.3. The third-order valence-electron chi connectivity index (χ3n) is 4.85. The molecule has 0 amide bonds. The summed E-state index contributed by atoms with van der Waals surface area (Å²) in [6.07, 6.45) is 5.62. The summed E-state index contributed by atoms with van der Waals surface area (Å²) in [6.45, 7) is 10.1. The largest absolute Gasteiger partial charge is 0.377 e. The van der Waals surface area contributed by atoms with E-state index in [9.17, 15) is 0 Å². The highest BCUT2D eigenvalue weighted by molar-refractivity contribution is 14.0. The van der Waals surface area contributed by atoms with Crippen LogP contribution in [0.2, 0.25) is 0 Å². The van der Waals surface area contributed by atoms with Crippen LogP contribution in [0.3, 0.4) is 0 Å². The standard InChI is InChI=1S/C19H31N5O.HI/c1-2-20-19(22-10-8-17-6-3-4-9-21-17)24-13-11-23(12-14-24)16-18-7-5-15-25-18;/h3-4,6,9,18H,2,5,7-8,10-16H2,1H3,(H,20,22);1H. The van der Waals surface area contributed by atoms with Crippen molar-refractivity contribution in [1.82, 2.24) is 20.1 Å². The fourth-order valence-electron chi connectivity index (χ4n) is 3.47. The van der Waals surface area contributed by atoms with Crippen LogP contribution >= 0.6 is 24.0 Å². The predicted molar refractivity (Wildman–Crippen MR) is 116 cm³/mol. The number of guanidine groups is 1. The maximum Gasteiger partial charge on any atom is 0.194 e. The van der Waals surface area contributed by atoms with E-state index < -0.39 is 0 Å². The van der Waals surface area contributed by atoms with Gasteiger partial charge in [0.05, 0.1) is 6.10 Å². The van der Waals surface area contributed by atoms with Gasteiger partial charge in [-0.15, -0.1) is 24.0 Å². The van der Waals surface area contributed by atoms with Gasteiger partial charge in [-0.1, -0.05) is 6.07 Å². The first-order valence-corrected chi connectivity index (χ1v) is 9.62. The first-order chi connectivity index (χ1) is 12.3. The maximum absolute atomic E-state index is 5.77. The third kappa shape index (κ3) is 6.66. The minimum Gasteiger partial charge on any atom is -0.377 e. The molecule has 26 heavy (non-hydrogen) atoms. The van der Waals surface area contributed by atoms with Gasteiger partial charge in [0.2, 0.25) is 0 Å². The van der Waals surface area contributed by atoms with E-state index in [0.29, 0.717) is 6.10 Å². The lowest BCUT2D eigenvalue weighted by molar-refractivity contribution is 0.0599. The lowest BCUT2D eigenvalue weighted by Gasteiger charge is -2.37. The lowest BCUT2D eigenvalue weighted by Crippen LogP contribution is -2.53. The summed E-state index contributed by atoms with van der Waals surface area (Å²) in [6, 6.07) is 6.05. The van der Waals surface area contributed by atoms with Crippen molar-refractivity contribution in [3.63, 3.8) is 0 Å². The molecular formula is C19H32IN5O. The molecule has 0 radical (unpaired) electrons. The minimum atomic E-state index is 0. The van der Waals surface area contributed by atoms with Crippen molar-refractivity contribution in [1.29, 1.82) is 0 Å². The number of nitrogens with zero attached hydrogens (tertiary/aromatic N) is 4. The Kier molecular flexibility index (Phi) is 9.63. The Morgan fingerprint density at radius 2 is 2.15 bits per heavy atom. The average molecular weight is 473 g/mol. The van der Waals surface area contributed by atoms with Gasteiger partial charge in [0.1, 0.15) is 0 Å². The van der Waals surface area contributed by atoms with Crippen molar-refractivity contribution in [2.45, 2.75) is 32.3 Å². The van der Waals surface area contributed by atoms with E-state index >= 15 is 0 Å². The molecule has 0 aliphatic carbocycles. The molecule has 3 heterocycles. The van der Waals surface area contributed by atoms with Crippen LogP contribution in [-0.2, 0) is 11.2 Å². The predicted octanol–water partition coefficient (Wildman–Crippen LogP) is 2.00. The fraction of sp³-hybridized carbons (Fsp3) is 0.684. The first kappa shape index (κ1) is 21.4. The summed E-state index contributed by atoms with van der Waals surface area (Å²) in [5, 5.41) is 3.44. The molecule has 1 aromatic heterocycles. The molecule has 2 aliphatic rings. The van der Waals surface area contributed by atoms with E-state index in [1.807, 2.05) is 18.3 Å². The molecule has 146 valence electrons. The van der Waals surface area contributed by atoms with Crippen LogP contribution in [0.4, 0.5) is 0 Å². The van der Waals surface area contributed by atoms with Crippen LogP contribution in [0, 0.1) is 0 Å². The van der Waals surface area contributed by atoms with Crippen molar-refractivity contribution in [2.75, 3.05) is 52.4 Å². The molecular weight excluding hydrogens is 441 g/mol. The second-order valence-corrected chi connectivity index (χ2v) is 6.73. The van der Waals surface area contributed by atoms with Gasteiger partial charge < -0.3 is 15.0 Å². The second kappa shape index (κ2) is 11.7. The number of aromatic nitrogens is 1. The van der Waals surface area contributed by atoms with Crippen molar-refractivity contribution in [3.8, 4) is 0 Å². The molecule has 0 saturated carbocycles. The quantitative estimate of drug-likeness (QED) is 0.389. The molecule has 3 rings (SSSR count). The number of nitrogens with one attached hydrogen (secondary N) is 1. The Hall–Kier alpha value is -0.930. The lowest BCUT2D eigenvalue weighted by atomic mass is 10.2. The molecule has 2 aliphatic heterocycles. The van der Waals surface area contributed by atoms with Crippen LogP contribution in [-0.4, -0.2) is 79.3 Å². The van der Waals surface area contributed by atoms with Crippen molar-refractivity contribution in [2.24, 2.45) is 4.99 Å². The molecule has 1 N–H and O–H groups in total. The van der Waals surface area contributed by atoms with E-state index in [2.05, 4.69) is 33.1 Å². The average Bonchev–Trinajstić information content (AvgIpc) is 3.16. The van der Waals surface area contributed by atoms with Gasteiger partial charge in [0.15, 0.2) is 5.96 Å². The summed E-state index contributed by atoms with van der Waals surface area (Å²) in [5.41, 5.74) is 1.10. The number of hydrogen-bond donors (Lipinski definition) is 1. The van der Waals surface area contributed by atoms with E-state index in [1.54, 1.807) is 0 Å². The van der Waals surface area contributed by atoms with Crippen molar-refractivity contribution < 1.29 is 4.74 Å². The Morgan fingerprint density at radius 3 is 2.81 bits per heavy atom. The van der Waals surface area contributed by atoms with Crippen LogP contribution in [0.25, 0.3) is 0 Å². The Bertz CT molecular complexity index is 528. The number of ether oxygens (including phenoxy) is 1. The van der Waals surface area contributed by atoms with Gasteiger partial charge in [-0.2, -0.15) is 0 Å². The van der Waals surface area contributed by atoms with E-state index in [1.165, 1.54) is 12.8 Å². The second-order valence-electron chi connectivity index (χ2n) is 6.73. The van der Waals surface area contributed by atoms with E-state index in [-0.39, 0.29) is 24.0 Å². The summed E-state index contributed by atoms with van der Waals surface area (Å²) < 4.78 is 5.77. The molecule has 0 spiro atoms. The summed E-state index contributed by atoms with van der Waals surface area (Å²) in [7, 11) is 0. The minimum absolute atomic E-state index is 0. The van der Waals surface area contributed by atoms with Gasteiger partial charge >= 0.3 is 0 Å². The fourth-order valence-corrected chi connectivity index (χ4v) is 3.47. The normalized spacial score (nSPS) is 21.5. The highest BCUT2D eigenvalue weighted by Gasteiger charge is 2.23. The van der Waals surface area contributed by atoms with Gasteiger partial charge in [0.25, 0.3) is 0 Å². The van der Waals surface area contributed by atoms with Gasteiger partial charge in [-0.3, -0.25) is 14.9 Å². The molecule has 0 aromatic carbocycles. The molecule has 1 unspecified atom stereocenters. The molecule has 0 bridgehead atoms. The van der Waals surface area contributed by atoms with Crippen molar-refractivity contribution in [3.05, 3.63) is 30.1 Å². The third-order valence-corrected chi connectivity index (χ3v) is 4.85. The Morgan fingerprint density at radius 1 is 1.31 bits per heavy atom. The van der Waals surface area contributed by atoms with Gasteiger partial charge in [0, 0.05) is 70.7 Å².